The van der Waals surface area contributed by atoms with Gasteiger partial charge in [-0.25, -0.2) is 4.39 Å². The van der Waals surface area contributed by atoms with Crippen molar-refractivity contribution < 1.29 is 23.5 Å². The summed E-state index contributed by atoms with van der Waals surface area (Å²) in [5.41, 5.74) is 1.62. The van der Waals surface area contributed by atoms with E-state index in [2.05, 4.69) is 5.32 Å². The van der Waals surface area contributed by atoms with E-state index >= 15 is 0 Å². The quantitative estimate of drug-likeness (QED) is 0.416. The van der Waals surface area contributed by atoms with E-state index in [1.54, 1.807) is 31.4 Å². The first kappa shape index (κ1) is 24.9. The molecule has 0 aliphatic heterocycles. The first-order chi connectivity index (χ1) is 16.6. The first-order valence-corrected chi connectivity index (χ1v) is 11.1. The predicted molar refractivity (Wildman–Crippen MR) is 128 cm³/mol. The summed E-state index contributed by atoms with van der Waals surface area (Å²) >= 11 is 0. The summed E-state index contributed by atoms with van der Waals surface area (Å²) < 4.78 is 24.2. The van der Waals surface area contributed by atoms with Gasteiger partial charge in [-0.05, 0) is 35.4 Å². The highest BCUT2D eigenvalue weighted by Gasteiger charge is 2.30. The molecule has 34 heavy (non-hydrogen) atoms. The molecule has 0 unspecified atom stereocenters. The molecule has 3 aromatic carbocycles. The second-order valence-corrected chi connectivity index (χ2v) is 7.74. The van der Waals surface area contributed by atoms with Crippen molar-refractivity contribution in [3.8, 4) is 5.75 Å². The van der Waals surface area contributed by atoms with Gasteiger partial charge < -0.3 is 19.7 Å². The molecule has 0 aliphatic rings. The van der Waals surface area contributed by atoms with Crippen molar-refractivity contribution in [1.29, 1.82) is 0 Å². The molecule has 7 heteroatoms. The standard InChI is InChI=1S/C27H29FN2O4/c1-33-17-16-29-27(32)25(18-21-8-4-2-5-9-21)30(19-22-12-14-23(28)15-13-22)26(31)20-34-24-10-6-3-7-11-24/h2-15,25H,16-20H2,1H3,(H,29,32)/t25-/m0/s1. The van der Waals surface area contributed by atoms with Crippen molar-refractivity contribution in [2.75, 3.05) is 26.9 Å². The van der Waals surface area contributed by atoms with Crippen LogP contribution in [-0.2, 0) is 27.3 Å². The van der Waals surface area contributed by atoms with Gasteiger partial charge >= 0.3 is 0 Å². The number of para-hydroxylation sites is 1. The Bertz CT molecular complexity index is 1030. The number of rotatable bonds is 12. The average Bonchev–Trinajstić information content (AvgIpc) is 2.87. The maximum absolute atomic E-state index is 13.5. The van der Waals surface area contributed by atoms with Crippen LogP contribution in [0.3, 0.4) is 0 Å². The van der Waals surface area contributed by atoms with E-state index in [4.69, 9.17) is 9.47 Å². The minimum absolute atomic E-state index is 0.131. The SMILES string of the molecule is COCCNC(=O)[C@H](Cc1ccccc1)N(Cc1ccc(F)cc1)C(=O)COc1ccccc1. The summed E-state index contributed by atoms with van der Waals surface area (Å²) in [6.07, 6.45) is 0.317. The maximum atomic E-state index is 13.5. The van der Waals surface area contributed by atoms with Crippen LogP contribution >= 0.6 is 0 Å². The summed E-state index contributed by atoms with van der Waals surface area (Å²) in [6.45, 7) is 0.570. The molecule has 0 heterocycles. The summed E-state index contributed by atoms with van der Waals surface area (Å²) in [5.74, 6) is -0.457. The van der Waals surface area contributed by atoms with Gasteiger partial charge in [-0.3, -0.25) is 9.59 Å². The third kappa shape index (κ3) is 7.71. The Hall–Kier alpha value is -3.71. The zero-order chi connectivity index (χ0) is 24.2. The molecule has 1 N–H and O–H groups in total. The Morgan fingerprint density at radius 2 is 1.56 bits per heavy atom. The van der Waals surface area contributed by atoms with Crippen molar-refractivity contribution in [2.24, 2.45) is 0 Å². The van der Waals surface area contributed by atoms with E-state index in [-0.39, 0.29) is 30.8 Å². The van der Waals surface area contributed by atoms with Gasteiger partial charge in [-0.15, -0.1) is 0 Å². The summed E-state index contributed by atoms with van der Waals surface area (Å²) in [5, 5.41) is 2.85. The van der Waals surface area contributed by atoms with E-state index in [1.165, 1.54) is 17.0 Å². The van der Waals surface area contributed by atoms with Crippen LogP contribution in [0.5, 0.6) is 5.75 Å². The fourth-order valence-electron chi connectivity index (χ4n) is 3.48. The van der Waals surface area contributed by atoms with Gasteiger partial charge in [0.1, 0.15) is 17.6 Å². The van der Waals surface area contributed by atoms with Crippen LogP contribution in [0.1, 0.15) is 11.1 Å². The van der Waals surface area contributed by atoms with Gasteiger partial charge in [0.15, 0.2) is 6.61 Å². The zero-order valence-corrected chi connectivity index (χ0v) is 19.2. The van der Waals surface area contributed by atoms with E-state index < -0.39 is 6.04 Å². The second kappa shape index (κ2) is 13.1. The minimum atomic E-state index is -0.795. The van der Waals surface area contributed by atoms with Crippen LogP contribution in [0.2, 0.25) is 0 Å². The molecule has 0 radical (unpaired) electrons. The highest BCUT2D eigenvalue weighted by molar-refractivity contribution is 5.88. The Labute approximate surface area is 199 Å². The van der Waals surface area contributed by atoms with Crippen molar-refractivity contribution in [3.63, 3.8) is 0 Å². The van der Waals surface area contributed by atoms with Gasteiger partial charge in [-0.1, -0.05) is 60.7 Å². The Morgan fingerprint density at radius 1 is 0.912 bits per heavy atom. The maximum Gasteiger partial charge on any atom is 0.261 e. The van der Waals surface area contributed by atoms with Gasteiger partial charge in [0.25, 0.3) is 5.91 Å². The molecule has 0 fully saturated rings. The van der Waals surface area contributed by atoms with E-state index in [1.807, 2.05) is 48.5 Å². The molecule has 0 aromatic heterocycles. The van der Waals surface area contributed by atoms with Crippen LogP contribution in [-0.4, -0.2) is 49.6 Å². The monoisotopic (exact) mass is 464 g/mol. The Kier molecular flexibility index (Phi) is 9.61. The number of nitrogens with one attached hydrogen (secondary N) is 1. The number of nitrogens with zero attached hydrogens (tertiary/aromatic N) is 1. The van der Waals surface area contributed by atoms with Crippen molar-refractivity contribution in [3.05, 3.63) is 102 Å². The molecule has 0 saturated carbocycles. The number of benzene rings is 3. The lowest BCUT2D eigenvalue weighted by Gasteiger charge is -2.31. The molecular weight excluding hydrogens is 435 g/mol. The molecular formula is C27H29FN2O4. The molecule has 3 aromatic rings. The molecule has 178 valence electrons. The van der Waals surface area contributed by atoms with Crippen LogP contribution in [0.15, 0.2) is 84.9 Å². The summed E-state index contributed by atoms with van der Waals surface area (Å²) in [7, 11) is 1.55. The van der Waals surface area contributed by atoms with E-state index in [0.717, 1.165) is 5.56 Å². The van der Waals surface area contributed by atoms with Gasteiger partial charge in [0, 0.05) is 26.6 Å². The lowest BCUT2D eigenvalue weighted by molar-refractivity contribution is -0.142. The molecule has 0 saturated heterocycles. The van der Waals surface area contributed by atoms with Crippen molar-refractivity contribution in [2.45, 2.75) is 19.0 Å². The molecule has 0 bridgehead atoms. The number of hydrogen-bond donors (Lipinski definition) is 1. The molecule has 0 aliphatic carbocycles. The molecule has 3 rings (SSSR count). The third-order valence-electron chi connectivity index (χ3n) is 5.25. The number of ether oxygens (including phenoxy) is 2. The fraction of sp³-hybridized carbons (Fsp3) is 0.259. The number of hydrogen-bond acceptors (Lipinski definition) is 4. The van der Waals surface area contributed by atoms with Crippen molar-refractivity contribution in [1.82, 2.24) is 10.2 Å². The smallest absolute Gasteiger partial charge is 0.261 e. The van der Waals surface area contributed by atoms with Gasteiger partial charge in [0.05, 0.1) is 6.61 Å². The van der Waals surface area contributed by atoms with Crippen LogP contribution in [0.25, 0.3) is 0 Å². The topological polar surface area (TPSA) is 67.9 Å². The average molecular weight is 465 g/mol. The fourth-order valence-corrected chi connectivity index (χ4v) is 3.48. The molecule has 1 atom stereocenters. The normalized spacial score (nSPS) is 11.5. The van der Waals surface area contributed by atoms with Gasteiger partial charge in [-0.2, -0.15) is 0 Å². The number of amides is 2. The predicted octanol–water partition coefficient (Wildman–Crippen LogP) is 3.61. The molecule has 2 amide bonds. The summed E-state index contributed by atoms with van der Waals surface area (Å²) in [6, 6.07) is 23.6. The Morgan fingerprint density at radius 3 is 2.21 bits per heavy atom. The minimum Gasteiger partial charge on any atom is -0.484 e. The summed E-state index contributed by atoms with van der Waals surface area (Å²) in [4.78, 5) is 28.1. The molecule has 6 nitrogen and oxygen atoms in total. The number of halogens is 1. The van der Waals surface area contributed by atoms with Crippen LogP contribution in [0.4, 0.5) is 4.39 Å². The highest BCUT2D eigenvalue weighted by Crippen LogP contribution is 2.16. The number of carbonyl (C=O) groups is 2. The third-order valence-corrected chi connectivity index (χ3v) is 5.25. The number of carbonyl (C=O) groups excluding carboxylic acids is 2. The second-order valence-electron chi connectivity index (χ2n) is 7.74. The van der Waals surface area contributed by atoms with Crippen LogP contribution < -0.4 is 10.1 Å². The lowest BCUT2D eigenvalue weighted by Crippen LogP contribution is -2.52. The highest BCUT2D eigenvalue weighted by atomic mass is 19.1. The lowest BCUT2D eigenvalue weighted by atomic mass is 10.0. The number of methoxy groups -OCH3 is 1. The van der Waals surface area contributed by atoms with E-state index in [0.29, 0.717) is 30.9 Å². The molecule has 0 spiro atoms. The van der Waals surface area contributed by atoms with Gasteiger partial charge in [0.2, 0.25) is 5.91 Å². The first-order valence-electron chi connectivity index (χ1n) is 11.1. The van der Waals surface area contributed by atoms with Crippen molar-refractivity contribution >= 4 is 11.8 Å². The van der Waals surface area contributed by atoms with Crippen LogP contribution in [0, 0.1) is 5.82 Å². The zero-order valence-electron chi connectivity index (χ0n) is 19.2. The van der Waals surface area contributed by atoms with E-state index in [9.17, 15) is 14.0 Å². The largest absolute Gasteiger partial charge is 0.484 e. The Balaban J connectivity index is 1.86.